The van der Waals surface area contributed by atoms with Crippen molar-refractivity contribution < 1.29 is 23.0 Å². The number of nitrogens with one attached hydrogen (secondary N) is 2. The number of benzene rings is 2. The SMILES string of the molecule is Cc1cc(C)cc(Nc2cc(-c3cccc(OC(F)(F)F)c3)nc(N[C@@H](CO)C(C)C)n2)c1. The number of anilines is 3. The Balaban J connectivity index is 2.02. The maximum absolute atomic E-state index is 12.7. The molecule has 0 aliphatic heterocycles. The van der Waals surface area contributed by atoms with Gasteiger partial charge in [-0.05, 0) is 55.2 Å². The molecular formula is C24H27F3N4O2. The maximum Gasteiger partial charge on any atom is 0.573 e. The molecule has 1 aromatic heterocycles. The quantitative estimate of drug-likeness (QED) is 0.392. The normalized spacial score (nSPS) is 12.5. The van der Waals surface area contributed by atoms with Crippen LogP contribution in [0.3, 0.4) is 0 Å². The molecule has 3 N–H and O–H groups in total. The summed E-state index contributed by atoms with van der Waals surface area (Å²) in [6.45, 7) is 7.74. The topological polar surface area (TPSA) is 79.3 Å². The summed E-state index contributed by atoms with van der Waals surface area (Å²) < 4.78 is 42.1. The van der Waals surface area contributed by atoms with Crippen LogP contribution in [0, 0.1) is 19.8 Å². The molecule has 0 radical (unpaired) electrons. The van der Waals surface area contributed by atoms with Crippen LogP contribution in [0.5, 0.6) is 5.75 Å². The summed E-state index contributed by atoms with van der Waals surface area (Å²) in [6, 6.07) is 12.9. The van der Waals surface area contributed by atoms with Gasteiger partial charge in [-0.2, -0.15) is 4.98 Å². The summed E-state index contributed by atoms with van der Waals surface area (Å²) in [6.07, 6.45) is -4.79. The number of hydrogen-bond acceptors (Lipinski definition) is 6. The van der Waals surface area contributed by atoms with Crippen LogP contribution >= 0.6 is 0 Å². The molecule has 0 aliphatic rings. The number of aliphatic hydroxyl groups is 1. The van der Waals surface area contributed by atoms with Crippen LogP contribution in [-0.2, 0) is 0 Å². The maximum atomic E-state index is 12.7. The zero-order chi connectivity index (χ0) is 24.2. The Morgan fingerprint density at radius 3 is 2.30 bits per heavy atom. The fraction of sp³-hybridized carbons (Fsp3) is 0.333. The Morgan fingerprint density at radius 1 is 1.00 bits per heavy atom. The van der Waals surface area contributed by atoms with E-state index >= 15 is 0 Å². The fourth-order valence-corrected chi connectivity index (χ4v) is 3.36. The summed E-state index contributed by atoms with van der Waals surface area (Å²) in [5.74, 6) is 0.457. The predicted octanol–water partition coefficient (Wildman–Crippen LogP) is 5.83. The van der Waals surface area contributed by atoms with Gasteiger partial charge in [-0.3, -0.25) is 0 Å². The summed E-state index contributed by atoms with van der Waals surface area (Å²) in [5, 5.41) is 16.1. The third-order valence-corrected chi connectivity index (χ3v) is 4.90. The van der Waals surface area contributed by atoms with Gasteiger partial charge in [-0.25, -0.2) is 4.98 Å². The predicted molar refractivity (Wildman–Crippen MR) is 123 cm³/mol. The fourth-order valence-electron chi connectivity index (χ4n) is 3.36. The van der Waals surface area contributed by atoms with E-state index in [0.717, 1.165) is 16.8 Å². The van der Waals surface area contributed by atoms with Gasteiger partial charge in [-0.15, -0.1) is 13.2 Å². The molecule has 0 saturated carbocycles. The monoisotopic (exact) mass is 460 g/mol. The van der Waals surface area contributed by atoms with Crippen molar-refractivity contribution in [2.75, 3.05) is 17.2 Å². The zero-order valence-corrected chi connectivity index (χ0v) is 18.9. The molecule has 176 valence electrons. The van der Waals surface area contributed by atoms with Crippen LogP contribution in [0.25, 0.3) is 11.3 Å². The lowest BCUT2D eigenvalue weighted by Gasteiger charge is -2.21. The number of aryl methyl sites for hydroxylation is 2. The summed E-state index contributed by atoms with van der Waals surface area (Å²) in [4.78, 5) is 8.99. The molecule has 0 amide bonds. The first kappa shape index (κ1) is 24.3. The number of rotatable bonds is 8. The summed E-state index contributed by atoms with van der Waals surface area (Å²) in [5.41, 5.74) is 3.78. The third-order valence-electron chi connectivity index (χ3n) is 4.90. The van der Waals surface area contributed by atoms with Gasteiger partial charge in [0.15, 0.2) is 0 Å². The molecule has 1 atom stereocenters. The van der Waals surface area contributed by atoms with Gasteiger partial charge in [0.05, 0.1) is 18.3 Å². The van der Waals surface area contributed by atoms with Crippen molar-refractivity contribution >= 4 is 17.5 Å². The smallest absolute Gasteiger partial charge is 0.406 e. The first-order chi connectivity index (χ1) is 15.5. The first-order valence-corrected chi connectivity index (χ1v) is 10.5. The van der Waals surface area contributed by atoms with E-state index in [0.29, 0.717) is 17.1 Å². The number of alkyl halides is 3. The second-order valence-corrected chi connectivity index (χ2v) is 8.22. The van der Waals surface area contributed by atoms with E-state index in [4.69, 9.17) is 0 Å². The second kappa shape index (κ2) is 10.1. The molecule has 0 unspecified atom stereocenters. The van der Waals surface area contributed by atoms with Crippen LogP contribution in [0.2, 0.25) is 0 Å². The van der Waals surface area contributed by atoms with E-state index < -0.39 is 6.36 Å². The molecule has 0 bridgehead atoms. The van der Waals surface area contributed by atoms with Crippen molar-refractivity contribution in [2.24, 2.45) is 5.92 Å². The summed E-state index contributed by atoms with van der Waals surface area (Å²) in [7, 11) is 0. The van der Waals surface area contributed by atoms with Crippen LogP contribution in [-0.4, -0.2) is 34.1 Å². The van der Waals surface area contributed by atoms with Gasteiger partial charge in [-0.1, -0.05) is 32.0 Å². The molecule has 0 fully saturated rings. The highest BCUT2D eigenvalue weighted by atomic mass is 19.4. The lowest BCUT2D eigenvalue weighted by atomic mass is 10.1. The molecular weight excluding hydrogens is 433 g/mol. The minimum atomic E-state index is -4.79. The van der Waals surface area contributed by atoms with Crippen LogP contribution in [0.1, 0.15) is 25.0 Å². The van der Waals surface area contributed by atoms with Crippen molar-refractivity contribution in [2.45, 2.75) is 40.1 Å². The number of aliphatic hydroxyl groups excluding tert-OH is 1. The highest BCUT2D eigenvalue weighted by molar-refractivity contribution is 5.69. The standard InChI is InChI=1S/C24H27F3N4O2/c1-14(2)21(13-32)30-23-29-20(17-6-5-7-19(11-17)33-24(25,26)27)12-22(31-23)28-18-9-15(3)8-16(4)10-18/h5-12,14,21,32H,13H2,1-4H3,(H2,28,29,30,31)/t21-/m0/s1. The molecule has 1 heterocycles. The minimum Gasteiger partial charge on any atom is -0.406 e. The summed E-state index contributed by atoms with van der Waals surface area (Å²) >= 11 is 0. The van der Waals surface area contributed by atoms with Crippen LogP contribution in [0.15, 0.2) is 48.5 Å². The number of aromatic nitrogens is 2. The van der Waals surface area contributed by atoms with E-state index in [9.17, 15) is 18.3 Å². The van der Waals surface area contributed by atoms with E-state index in [1.807, 2.05) is 45.9 Å². The Hall–Kier alpha value is -3.33. The molecule has 33 heavy (non-hydrogen) atoms. The average Bonchev–Trinajstić information content (AvgIpc) is 2.70. The van der Waals surface area contributed by atoms with Crippen molar-refractivity contribution in [3.05, 3.63) is 59.7 Å². The minimum absolute atomic E-state index is 0.0987. The van der Waals surface area contributed by atoms with Crippen molar-refractivity contribution in [3.8, 4) is 17.0 Å². The van der Waals surface area contributed by atoms with Crippen LogP contribution in [0.4, 0.5) is 30.6 Å². The van der Waals surface area contributed by atoms with E-state index in [1.165, 1.54) is 18.2 Å². The second-order valence-electron chi connectivity index (χ2n) is 8.22. The molecule has 0 spiro atoms. The average molecular weight is 461 g/mol. The molecule has 0 aliphatic carbocycles. The van der Waals surface area contributed by atoms with Crippen molar-refractivity contribution in [1.82, 2.24) is 9.97 Å². The highest BCUT2D eigenvalue weighted by Crippen LogP contribution is 2.30. The van der Waals surface area contributed by atoms with E-state index in [2.05, 4.69) is 25.3 Å². The molecule has 3 aromatic rings. The van der Waals surface area contributed by atoms with E-state index in [1.54, 1.807) is 12.1 Å². The Labute approximate surface area is 190 Å². The number of hydrogen-bond donors (Lipinski definition) is 3. The molecule has 9 heteroatoms. The highest BCUT2D eigenvalue weighted by Gasteiger charge is 2.31. The Bertz CT molecular complexity index is 1080. The largest absolute Gasteiger partial charge is 0.573 e. The van der Waals surface area contributed by atoms with Gasteiger partial charge >= 0.3 is 6.36 Å². The number of halogens is 3. The van der Waals surface area contributed by atoms with Crippen molar-refractivity contribution in [3.63, 3.8) is 0 Å². The lowest BCUT2D eigenvalue weighted by Crippen LogP contribution is -2.30. The molecule has 2 aromatic carbocycles. The zero-order valence-electron chi connectivity index (χ0n) is 18.9. The first-order valence-electron chi connectivity index (χ1n) is 10.5. The molecule has 3 rings (SSSR count). The van der Waals surface area contributed by atoms with Gasteiger partial charge in [0.1, 0.15) is 11.6 Å². The van der Waals surface area contributed by atoms with Gasteiger partial charge < -0.3 is 20.5 Å². The number of ether oxygens (including phenoxy) is 1. The molecule has 6 nitrogen and oxygen atoms in total. The van der Waals surface area contributed by atoms with Crippen molar-refractivity contribution in [1.29, 1.82) is 0 Å². The van der Waals surface area contributed by atoms with Gasteiger partial charge in [0, 0.05) is 17.3 Å². The van der Waals surface area contributed by atoms with E-state index in [-0.39, 0.29) is 30.3 Å². The van der Waals surface area contributed by atoms with Gasteiger partial charge in [0.2, 0.25) is 5.95 Å². The Kier molecular flexibility index (Phi) is 7.43. The Morgan fingerprint density at radius 2 is 1.70 bits per heavy atom. The molecule has 0 saturated heterocycles. The third kappa shape index (κ3) is 7.08. The lowest BCUT2D eigenvalue weighted by molar-refractivity contribution is -0.274. The number of nitrogens with zero attached hydrogens (tertiary/aromatic N) is 2. The van der Waals surface area contributed by atoms with Crippen LogP contribution < -0.4 is 15.4 Å². The van der Waals surface area contributed by atoms with Gasteiger partial charge in [0.25, 0.3) is 0 Å².